The molecule has 0 aliphatic heterocycles. The number of carboxylic acid groups (broad SMARTS) is 1. The van der Waals surface area contributed by atoms with Gasteiger partial charge < -0.3 is 10.8 Å². The zero-order valence-corrected chi connectivity index (χ0v) is 26.8. The van der Waals surface area contributed by atoms with E-state index in [1.165, 1.54) is 55.2 Å². The Morgan fingerprint density at radius 2 is 1.68 bits per heavy atom. The third kappa shape index (κ3) is 3.80. The van der Waals surface area contributed by atoms with Crippen LogP contribution < -0.4 is 5.73 Å². The van der Waals surface area contributed by atoms with E-state index in [2.05, 4.69) is 60.3 Å². The Labute approximate surface area is 248 Å². The van der Waals surface area contributed by atoms with Gasteiger partial charge >= 0.3 is 5.97 Å². The minimum absolute atomic E-state index is 0.00331. The average molecular weight is 566 g/mol. The van der Waals surface area contributed by atoms with Crippen LogP contribution in [0.2, 0.25) is 0 Å². The molecule has 228 valence electrons. The summed E-state index contributed by atoms with van der Waals surface area (Å²) in [5.41, 5.74) is 10.9. The van der Waals surface area contributed by atoms with Gasteiger partial charge in [-0.1, -0.05) is 58.9 Å². The van der Waals surface area contributed by atoms with Crippen molar-refractivity contribution < 1.29 is 14.3 Å². The first kappa shape index (κ1) is 29.6. The number of alkyl halides is 1. The van der Waals surface area contributed by atoms with Crippen molar-refractivity contribution in [2.45, 2.75) is 124 Å². The van der Waals surface area contributed by atoms with E-state index in [0.717, 1.165) is 19.3 Å². The fourth-order valence-corrected chi connectivity index (χ4v) is 12.9. The first-order chi connectivity index (χ1) is 19.1. The average Bonchev–Trinajstić information content (AvgIpc) is 3.27. The molecule has 6 rings (SSSR count). The SMILES string of the molecule is C=C(C)[C@@H]1CC[C@]2(N)CC[C@]3(C)[C@H](CC[C@@H]4C5(C)CC=C(C6=CCC(CF)(C(=O)O)CC6)C(C)(C)[C@@H]5CC[C@]43C)[C@@H]12. The Kier molecular flexibility index (Phi) is 6.72. The van der Waals surface area contributed by atoms with Crippen LogP contribution in [0.15, 0.2) is 35.5 Å². The number of hydrogen-bond donors (Lipinski definition) is 2. The summed E-state index contributed by atoms with van der Waals surface area (Å²) in [7, 11) is 0. The van der Waals surface area contributed by atoms with Crippen molar-refractivity contribution in [2.75, 3.05) is 6.67 Å². The summed E-state index contributed by atoms with van der Waals surface area (Å²) in [6.07, 6.45) is 17.0. The van der Waals surface area contributed by atoms with E-state index < -0.39 is 18.1 Å². The number of fused-ring (bicyclic) bond motifs is 7. The molecule has 0 saturated heterocycles. The Morgan fingerprint density at radius 3 is 2.29 bits per heavy atom. The van der Waals surface area contributed by atoms with Gasteiger partial charge in [0.15, 0.2) is 0 Å². The fourth-order valence-electron chi connectivity index (χ4n) is 12.9. The molecule has 0 aromatic carbocycles. The highest BCUT2D eigenvalue weighted by atomic mass is 19.1. The molecule has 4 heteroatoms. The van der Waals surface area contributed by atoms with Crippen molar-refractivity contribution in [3.05, 3.63) is 35.5 Å². The molecule has 3 nitrogen and oxygen atoms in total. The predicted molar refractivity (Wildman–Crippen MR) is 165 cm³/mol. The third-order valence-corrected chi connectivity index (χ3v) is 15.4. The molecule has 0 aromatic rings. The second kappa shape index (κ2) is 9.29. The Balaban J connectivity index is 1.32. The van der Waals surface area contributed by atoms with Crippen LogP contribution in [0.1, 0.15) is 119 Å². The minimum atomic E-state index is -1.23. The van der Waals surface area contributed by atoms with Crippen LogP contribution in [0.3, 0.4) is 0 Å². The van der Waals surface area contributed by atoms with E-state index in [1.807, 2.05) is 0 Å². The third-order valence-electron chi connectivity index (χ3n) is 15.4. The molecule has 6 aliphatic rings. The lowest BCUT2D eigenvalue weighted by molar-refractivity contribution is -0.219. The Bertz CT molecular complexity index is 1200. The molecule has 2 unspecified atom stereocenters. The molecule has 4 fully saturated rings. The summed E-state index contributed by atoms with van der Waals surface area (Å²) < 4.78 is 13.8. The molecule has 0 aromatic heterocycles. The number of carbonyl (C=O) groups is 1. The van der Waals surface area contributed by atoms with Gasteiger partial charge in [-0.3, -0.25) is 4.79 Å². The number of allylic oxidation sites excluding steroid dienone is 5. The molecule has 0 amide bonds. The second-order valence-corrected chi connectivity index (χ2v) is 17.1. The van der Waals surface area contributed by atoms with Crippen LogP contribution in [0.5, 0.6) is 0 Å². The number of nitrogens with two attached hydrogens (primary N) is 1. The van der Waals surface area contributed by atoms with Crippen molar-refractivity contribution in [1.29, 1.82) is 0 Å². The molecule has 0 radical (unpaired) electrons. The van der Waals surface area contributed by atoms with Crippen LogP contribution >= 0.6 is 0 Å². The smallest absolute Gasteiger partial charge is 0.312 e. The zero-order valence-electron chi connectivity index (χ0n) is 26.8. The van der Waals surface area contributed by atoms with Gasteiger partial charge in [-0.15, -0.1) is 0 Å². The zero-order chi connectivity index (χ0) is 29.8. The van der Waals surface area contributed by atoms with Crippen LogP contribution in [0.25, 0.3) is 0 Å². The van der Waals surface area contributed by atoms with Crippen LogP contribution in [0, 0.1) is 56.7 Å². The van der Waals surface area contributed by atoms with E-state index >= 15 is 0 Å². The van der Waals surface area contributed by atoms with Gasteiger partial charge in [-0.2, -0.15) is 0 Å². The standard InChI is InChI=1S/C37H56FNO2/c1-23(2)25-12-19-37(39)21-20-34(6)27(30(25)37)8-9-29-33(5)15-13-26(32(3,4)28(33)14-16-35(29,34)7)24-10-17-36(22-38,18-11-24)31(40)41/h10,13,25,27-30H,1,8-9,11-12,14-22,39H2,2-7H3,(H,40,41)/t25-,27+,28-,29+,30+,33?,34+,35+,36?,37-/m0/s1. The fraction of sp³-hybridized carbons (Fsp3) is 0.811. The van der Waals surface area contributed by atoms with E-state index in [1.54, 1.807) is 0 Å². The Morgan fingerprint density at radius 1 is 0.951 bits per heavy atom. The molecule has 41 heavy (non-hydrogen) atoms. The van der Waals surface area contributed by atoms with Gasteiger partial charge in [0.05, 0.1) is 5.41 Å². The minimum Gasteiger partial charge on any atom is -0.481 e. The quantitative estimate of drug-likeness (QED) is 0.334. The maximum Gasteiger partial charge on any atom is 0.312 e. The van der Waals surface area contributed by atoms with Crippen LogP contribution in [-0.4, -0.2) is 23.3 Å². The molecular weight excluding hydrogens is 509 g/mol. The summed E-state index contributed by atoms with van der Waals surface area (Å²) in [5, 5.41) is 9.72. The number of carboxylic acids is 1. The first-order valence-electron chi connectivity index (χ1n) is 16.7. The summed E-state index contributed by atoms with van der Waals surface area (Å²) in [6.45, 7) is 18.8. The Hall–Kier alpha value is -1.42. The van der Waals surface area contributed by atoms with E-state index in [0.29, 0.717) is 59.7 Å². The maximum atomic E-state index is 13.8. The van der Waals surface area contributed by atoms with Gasteiger partial charge in [0.25, 0.3) is 0 Å². The van der Waals surface area contributed by atoms with Gasteiger partial charge in [-0.25, -0.2) is 4.39 Å². The lowest BCUT2D eigenvalue weighted by Gasteiger charge is -2.72. The van der Waals surface area contributed by atoms with Gasteiger partial charge in [0.2, 0.25) is 0 Å². The highest BCUT2D eigenvalue weighted by molar-refractivity contribution is 5.75. The lowest BCUT2D eigenvalue weighted by Crippen LogP contribution is -2.67. The summed E-state index contributed by atoms with van der Waals surface area (Å²) in [5.74, 6) is 2.14. The van der Waals surface area contributed by atoms with Crippen molar-refractivity contribution in [3.63, 3.8) is 0 Å². The topological polar surface area (TPSA) is 63.3 Å². The summed E-state index contributed by atoms with van der Waals surface area (Å²) in [4.78, 5) is 11.9. The number of hydrogen-bond acceptors (Lipinski definition) is 2. The highest BCUT2D eigenvalue weighted by Gasteiger charge is 2.70. The van der Waals surface area contributed by atoms with Crippen molar-refractivity contribution in [1.82, 2.24) is 0 Å². The number of rotatable bonds is 4. The largest absolute Gasteiger partial charge is 0.481 e. The number of halogens is 1. The van der Waals surface area contributed by atoms with Crippen LogP contribution in [0.4, 0.5) is 4.39 Å². The predicted octanol–water partition coefficient (Wildman–Crippen LogP) is 9.04. The van der Waals surface area contributed by atoms with Crippen molar-refractivity contribution >= 4 is 5.97 Å². The number of aliphatic carboxylic acids is 1. The summed E-state index contributed by atoms with van der Waals surface area (Å²) in [6, 6.07) is 0. The second-order valence-electron chi connectivity index (χ2n) is 17.1. The van der Waals surface area contributed by atoms with Gasteiger partial charge in [0.1, 0.15) is 6.67 Å². The highest BCUT2D eigenvalue weighted by Crippen LogP contribution is 2.76. The normalized spacial score (nSPS) is 50.4. The maximum absolute atomic E-state index is 13.8. The molecule has 0 bridgehead atoms. The first-order valence-corrected chi connectivity index (χ1v) is 16.7. The van der Waals surface area contributed by atoms with Crippen LogP contribution in [-0.2, 0) is 4.79 Å². The van der Waals surface area contributed by atoms with E-state index in [9.17, 15) is 14.3 Å². The van der Waals surface area contributed by atoms with Crippen molar-refractivity contribution in [3.8, 4) is 0 Å². The van der Waals surface area contributed by atoms with E-state index in [4.69, 9.17) is 5.73 Å². The van der Waals surface area contributed by atoms with Gasteiger partial charge in [-0.05, 0) is 146 Å². The molecular formula is C37H56FNO2. The van der Waals surface area contributed by atoms with Gasteiger partial charge in [0, 0.05) is 5.54 Å². The molecule has 4 saturated carbocycles. The molecule has 0 heterocycles. The molecule has 10 atom stereocenters. The molecule has 6 aliphatic carbocycles. The lowest BCUT2D eigenvalue weighted by atomic mass is 9.33. The summed E-state index contributed by atoms with van der Waals surface area (Å²) >= 11 is 0. The van der Waals surface area contributed by atoms with Crippen molar-refractivity contribution in [2.24, 2.45) is 62.4 Å². The molecule has 0 spiro atoms. The molecule has 3 N–H and O–H groups in total. The van der Waals surface area contributed by atoms with E-state index in [-0.39, 0.29) is 16.4 Å². The monoisotopic (exact) mass is 565 g/mol.